The number of aromatic nitrogens is 2. The number of aliphatic imine (C=N–C) groups is 1. The molecular weight excluding hydrogens is 512 g/mol. The molecule has 4 heterocycles. The molecular formula is C28H28ClF2N5O2. The Kier molecular flexibility index (Phi) is 8.06. The molecule has 1 N–H and O–H groups in total. The first-order valence-electron chi connectivity index (χ1n) is 12.6. The van der Waals surface area contributed by atoms with Crippen LogP contribution in [-0.4, -0.2) is 72.4 Å². The number of nitrogens with one attached hydrogen (secondary N) is 1. The minimum Gasteiger partial charge on any atom is -0.469 e. The number of pyridine rings is 2. The Morgan fingerprint density at radius 1 is 1.21 bits per heavy atom. The second-order valence-corrected chi connectivity index (χ2v) is 9.87. The van der Waals surface area contributed by atoms with E-state index in [1.165, 1.54) is 13.2 Å². The summed E-state index contributed by atoms with van der Waals surface area (Å²) in [5.41, 5.74) is 4.46. The summed E-state index contributed by atoms with van der Waals surface area (Å²) in [7, 11) is 1.41. The average molecular weight is 540 g/mol. The molecule has 0 amide bonds. The van der Waals surface area contributed by atoms with Crippen molar-refractivity contribution in [1.29, 1.82) is 0 Å². The van der Waals surface area contributed by atoms with Gasteiger partial charge in [-0.1, -0.05) is 17.7 Å². The number of benzene rings is 1. The van der Waals surface area contributed by atoms with Crippen LogP contribution in [0.15, 0.2) is 47.6 Å². The number of rotatable bonds is 8. The summed E-state index contributed by atoms with van der Waals surface area (Å²) < 4.78 is 33.0. The van der Waals surface area contributed by atoms with E-state index >= 15 is 0 Å². The first-order valence-corrected chi connectivity index (χ1v) is 13.0. The van der Waals surface area contributed by atoms with Crippen LogP contribution in [0.4, 0.5) is 8.78 Å². The van der Waals surface area contributed by atoms with Crippen molar-refractivity contribution in [3.8, 4) is 0 Å². The molecule has 2 aromatic heterocycles. The van der Waals surface area contributed by atoms with Crippen LogP contribution < -0.4 is 5.32 Å². The molecule has 1 saturated heterocycles. The van der Waals surface area contributed by atoms with Gasteiger partial charge in [0.15, 0.2) is 0 Å². The third kappa shape index (κ3) is 5.90. The molecule has 2 aliphatic rings. The Hall–Kier alpha value is -3.27. The molecule has 38 heavy (non-hydrogen) atoms. The first-order chi connectivity index (χ1) is 18.4. The molecule has 198 valence electrons. The molecule has 1 aromatic carbocycles. The van der Waals surface area contributed by atoms with E-state index in [0.717, 1.165) is 61.7 Å². The number of ether oxygens (including phenoxy) is 1. The van der Waals surface area contributed by atoms with Crippen LogP contribution in [0, 0.1) is 11.6 Å². The van der Waals surface area contributed by atoms with Crippen molar-refractivity contribution in [3.05, 3.63) is 76.1 Å². The van der Waals surface area contributed by atoms with Crippen LogP contribution in [0.1, 0.15) is 29.7 Å². The zero-order chi connectivity index (χ0) is 26.6. The Bertz CT molecular complexity index is 1430. The standard InChI is InChI=1S/C28H28ClF2N5O2/c1-38-27(37)12-18-16-36(10-8-32-18)9-2-3-17-11-26-25(34-15-17)5-4-24(35-26)19-6-7-33-28(19)20-13-21(29)23(31)14-22(20)30/h4-6,11,13-15,18,32H,2-3,7-10,12,16H2,1H3. The van der Waals surface area contributed by atoms with E-state index in [1.54, 1.807) is 0 Å². The lowest BCUT2D eigenvalue weighted by molar-refractivity contribution is -0.141. The highest BCUT2D eigenvalue weighted by Gasteiger charge is 2.23. The first kappa shape index (κ1) is 26.3. The molecule has 7 nitrogen and oxygen atoms in total. The highest BCUT2D eigenvalue weighted by molar-refractivity contribution is 6.35. The molecule has 1 atom stereocenters. The van der Waals surface area contributed by atoms with E-state index in [9.17, 15) is 13.6 Å². The van der Waals surface area contributed by atoms with Crippen molar-refractivity contribution < 1.29 is 18.3 Å². The number of methoxy groups -OCH3 is 1. The van der Waals surface area contributed by atoms with E-state index in [2.05, 4.69) is 20.2 Å². The van der Waals surface area contributed by atoms with Crippen molar-refractivity contribution in [2.75, 3.05) is 39.8 Å². The van der Waals surface area contributed by atoms with Gasteiger partial charge >= 0.3 is 5.97 Å². The summed E-state index contributed by atoms with van der Waals surface area (Å²) in [4.78, 5) is 27.8. The van der Waals surface area contributed by atoms with Gasteiger partial charge in [0.2, 0.25) is 0 Å². The van der Waals surface area contributed by atoms with Gasteiger partial charge in [-0.2, -0.15) is 0 Å². The van der Waals surface area contributed by atoms with Crippen LogP contribution in [0.5, 0.6) is 0 Å². The second kappa shape index (κ2) is 11.6. The molecule has 2 aliphatic heterocycles. The zero-order valence-electron chi connectivity index (χ0n) is 21.0. The maximum Gasteiger partial charge on any atom is 0.307 e. The summed E-state index contributed by atoms with van der Waals surface area (Å²) in [6.45, 7) is 3.90. The smallest absolute Gasteiger partial charge is 0.307 e. The molecule has 1 unspecified atom stereocenters. The number of esters is 1. The highest BCUT2D eigenvalue weighted by Crippen LogP contribution is 2.29. The Balaban J connectivity index is 1.26. The Morgan fingerprint density at radius 3 is 2.92 bits per heavy atom. The minimum atomic E-state index is -0.808. The maximum absolute atomic E-state index is 14.6. The quantitative estimate of drug-likeness (QED) is 0.341. The lowest BCUT2D eigenvalue weighted by atomic mass is 9.99. The van der Waals surface area contributed by atoms with Crippen molar-refractivity contribution in [2.45, 2.75) is 25.3 Å². The number of piperazine rings is 1. The lowest BCUT2D eigenvalue weighted by Crippen LogP contribution is -2.51. The highest BCUT2D eigenvalue weighted by atomic mass is 35.5. The van der Waals surface area contributed by atoms with Gasteiger partial charge in [0.1, 0.15) is 11.6 Å². The van der Waals surface area contributed by atoms with Crippen LogP contribution in [0.3, 0.4) is 0 Å². The molecule has 0 bridgehead atoms. The number of allylic oxidation sites excluding steroid dienone is 1. The van der Waals surface area contributed by atoms with Crippen molar-refractivity contribution in [1.82, 2.24) is 20.2 Å². The van der Waals surface area contributed by atoms with Crippen molar-refractivity contribution in [2.24, 2.45) is 4.99 Å². The largest absolute Gasteiger partial charge is 0.469 e. The molecule has 1 fully saturated rings. The molecule has 0 radical (unpaired) electrons. The maximum atomic E-state index is 14.6. The monoisotopic (exact) mass is 539 g/mol. The number of fused-ring (bicyclic) bond motifs is 1. The van der Waals surface area contributed by atoms with Gasteiger partial charge in [-0.25, -0.2) is 13.8 Å². The summed E-state index contributed by atoms with van der Waals surface area (Å²) in [6.07, 6.45) is 5.91. The number of carbonyl (C=O) groups excluding carboxylic acids is 1. The van der Waals surface area contributed by atoms with Crippen LogP contribution in [0.25, 0.3) is 16.6 Å². The fraction of sp³-hybridized carbons (Fsp3) is 0.357. The van der Waals surface area contributed by atoms with Gasteiger partial charge in [-0.3, -0.25) is 14.8 Å². The summed E-state index contributed by atoms with van der Waals surface area (Å²) in [6, 6.07) is 7.90. The molecule has 0 aliphatic carbocycles. The van der Waals surface area contributed by atoms with Gasteiger partial charge in [0, 0.05) is 49.1 Å². The van der Waals surface area contributed by atoms with Gasteiger partial charge in [0.05, 0.1) is 47.5 Å². The number of carbonyl (C=O) groups is 1. The number of nitrogens with zero attached hydrogens (tertiary/aromatic N) is 4. The Labute approximate surface area is 224 Å². The summed E-state index contributed by atoms with van der Waals surface area (Å²) in [5, 5.41) is 3.22. The number of hydrogen-bond acceptors (Lipinski definition) is 7. The third-order valence-electron chi connectivity index (χ3n) is 6.86. The van der Waals surface area contributed by atoms with E-state index in [-0.39, 0.29) is 22.6 Å². The third-order valence-corrected chi connectivity index (χ3v) is 7.14. The molecule has 0 spiro atoms. The van der Waals surface area contributed by atoms with Crippen LogP contribution in [-0.2, 0) is 16.0 Å². The molecule has 10 heteroatoms. The summed E-state index contributed by atoms with van der Waals surface area (Å²) >= 11 is 5.91. The molecule has 0 saturated carbocycles. The second-order valence-electron chi connectivity index (χ2n) is 9.47. The van der Waals surface area contributed by atoms with E-state index < -0.39 is 11.6 Å². The molecule has 5 rings (SSSR count). The zero-order valence-corrected chi connectivity index (χ0v) is 21.8. The van der Waals surface area contributed by atoms with Crippen molar-refractivity contribution >= 4 is 39.9 Å². The average Bonchev–Trinajstić information content (AvgIpc) is 3.40. The van der Waals surface area contributed by atoms with Gasteiger partial charge < -0.3 is 15.0 Å². The number of aryl methyl sites for hydroxylation is 1. The minimum absolute atomic E-state index is 0.110. The number of hydrogen-bond donors (Lipinski definition) is 1. The van der Waals surface area contributed by atoms with Crippen LogP contribution in [0.2, 0.25) is 5.02 Å². The van der Waals surface area contributed by atoms with Crippen molar-refractivity contribution in [3.63, 3.8) is 0 Å². The normalized spacial score (nSPS) is 17.9. The SMILES string of the molecule is COC(=O)CC1CN(CCCc2cnc3ccc(C4=CCN=C4c4cc(Cl)c(F)cc4F)nc3c2)CCN1. The number of halogens is 3. The topological polar surface area (TPSA) is 79.7 Å². The molecule has 3 aromatic rings. The Morgan fingerprint density at radius 2 is 2.08 bits per heavy atom. The predicted molar refractivity (Wildman–Crippen MR) is 143 cm³/mol. The van der Waals surface area contributed by atoms with E-state index in [4.69, 9.17) is 21.3 Å². The predicted octanol–water partition coefficient (Wildman–Crippen LogP) is 4.22. The summed E-state index contributed by atoms with van der Waals surface area (Å²) in [5.74, 6) is -1.72. The van der Waals surface area contributed by atoms with E-state index in [1.807, 2.05) is 30.5 Å². The van der Waals surface area contributed by atoms with Crippen LogP contribution >= 0.6 is 11.6 Å². The van der Waals surface area contributed by atoms with Gasteiger partial charge in [-0.05, 0) is 49.2 Å². The lowest BCUT2D eigenvalue weighted by Gasteiger charge is -2.33. The van der Waals surface area contributed by atoms with Gasteiger partial charge in [-0.15, -0.1) is 0 Å². The fourth-order valence-corrected chi connectivity index (χ4v) is 5.09. The van der Waals surface area contributed by atoms with E-state index in [0.29, 0.717) is 29.9 Å². The fourth-order valence-electron chi connectivity index (χ4n) is 4.93. The van der Waals surface area contributed by atoms with Gasteiger partial charge in [0.25, 0.3) is 0 Å².